The van der Waals surface area contributed by atoms with Gasteiger partial charge in [-0.15, -0.1) is 0 Å². The third-order valence-electron chi connectivity index (χ3n) is 3.31. The molecule has 100 valence electrons. The molecule has 2 rings (SSSR count). The number of piperidine rings is 1. The second-order valence-corrected chi connectivity index (χ2v) is 5.69. The lowest BCUT2D eigenvalue weighted by molar-refractivity contribution is -0.133. The molecule has 1 saturated heterocycles. The zero-order valence-electron chi connectivity index (χ0n) is 10.7. The van der Waals surface area contributed by atoms with Gasteiger partial charge in [-0.25, -0.2) is 9.66 Å². The van der Waals surface area contributed by atoms with E-state index in [1.807, 2.05) is 10.9 Å². The van der Waals surface area contributed by atoms with Gasteiger partial charge in [-0.2, -0.15) is 0 Å². The van der Waals surface area contributed by atoms with E-state index in [1.165, 1.54) is 31.0 Å². The number of rotatable bonds is 4. The Hall–Kier alpha value is -1.17. The highest BCUT2D eigenvalue weighted by Gasteiger charge is 2.26. The zero-order chi connectivity index (χ0) is 13.1. The van der Waals surface area contributed by atoms with E-state index in [-0.39, 0.29) is 5.75 Å². The van der Waals surface area contributed by atoms with Crippen LogP contribution in [0.1, 0.15) is 33.1 Å². The summed E-state index contributed by atoms with van der Waals surface area (Å²) in [6, 6.07) is 0.930. The Morgan fingerprint density at radius 2 is 2.17 bits per heavy atom. The summed E-state index contributed by atoms with van der Waals surface area (Å²) in [4.78, 5) is 14.9. The number of hydrogen-bond acceptors (Lipinski definition) is 4. The number of aromatic nitrogens is 2. The molecule has 0 saturated carbocycles. The Morgan fingerprint density at radius 3 is 2.78 bits per heavy atom. The molecule has 1 aliphatic rings. The molecule has 18 heavy (non-hydrogen) atoms. The van der Waals surface area contributed by atoms with Crippen LogP contribution in [0.15, 0.2) is 17.6 Å². The predicted molar refractivity (Wildman–Crippen MR) is 71.6 cm³/mol. The monoisotopic (exact) mass is 269 g/mol. The fraction of sp³-hybridized carbons (Fsp3) is 0.667. The summed E-state index contributed by atoms with van der Waals surface area (Å²) in [6.45, 7) is 4.42. The van der Waals surface area contributed by atoms with Crippen LogP contribution < -0.4 is 5.01 Å². The van der Waals surface area contributed by atoms with E-state index in [9.17, 15) is 4.79 Å². The van der Waals surface area contributed by atoms with Gasteiger partial charge in [0, 0.05) is 24.5 Å². The summed E-state index contributed by atoms with van der Waals surface area (Å²) < 4.78 is 2.02. The summed E-state index contributed by atoms with van der Waals surface area (Å²) >= 11 is 1.27. The van der Waals surface area contributed by atoms with E-state index >= 15 is 0 Å². The molecule has 0 aliphatic carbocycles. The Balaban J connectivity index is 2.16. The number of aliphatic carboxylic acids is 1. The Kier molecular flexibility index (Phi) is 4.16. The highest BCUT2D eigenvalue weighted by Crippen LogP contribution is 2.25. The van der Waals surface area contributed by atoms with Crippen molar-refractivity contribution in [2.45, 2.75) is 50.4 Å². The lowest BCUT2D eigenvalue weighted by atomic mass is 10.00. The first-order valence-electron chi connectivity index (χ1n) is 6.26. The van der Waals surface area contributed by atoms with Crippen LogP contribution >= 0.6 is 11.8 Å². The van der Waals surface area contributed by atoms with Crippen molar-refractivity contribution < 1.29 is 9.90 Å². The topological polar surface area (TPSA) is 58.4 Å². The van der Waals surface area contributed by atoms with Gasteiger partial charge in [0.2, 0.25) is 0 Å². The third kappa shape index (κ3) is 2.80. The van der Waals surface area contributed by atoms with Crippen molar-refractivity contribution in [2.75, 3.05) is 10.8 Å². The first-order chi connectivity index (χ1) is 8.59. The molecule has 0 spiro atoms. The molecule has 1 aliphatic heterocycles. The number of carboxylic acids is 1. The maximum atomic E-state index is 10.6. The number of thioether (sulfide) groups is 1. The minimum Gasteiger partial charge on any atom is -0.481 e. The zero-order valence-corrected chi connectivity index (χ0v) is 11.6. The molecule has 2 unspecified atom stereocenters. The van der Waals surface area contributed by atoms with Gasteiger partial charge in [-0.05, 0) is 33.1 Å². The van der Waals surface area contributed by atoms with Crippen molar-refractivity contribution in [2.24, 2.45) is 0 Å². The highest BCUT2D eigenvalue weighted by molar-refractivity contribution is 7.99. The molecule has 2 atom stereocenters. The molecule has 1 aromatic heterocycles. The smallest absolute Gasteiger partial charge is 0.313 e. The second-order valence-electron chi connectivity index (χ2n) is 4.75. The Bertz CT molecular complexity index is 411. The van der Waals surface area contributed by atoms with Gasteiger partial charge in [0.05, 0.1) is 5.75 Å². The van der Waals surface area contributed by atoms with Crippen LogP contribution in [0.3, 0.4) is 0 Å². The molecular formula is C12H19N3O2S. The van der Waals surface area contributed by atoms with Crippen molar-refractivity contribution in [3.8, 4) is 0 Å². The minimum absolute atomic E-state index is 0.0492. The molecule has 2 heterocycles. The van der Waals surface area contributed by atoms with E-state index in [0.29, 0.717) is 12.1 Å². The SMILES string of the molecule is CC1CCCC(C)N1n1ccnc1SCC(=O)O. The molecule has 6 heteroatoms. The summed E-state index contributed by atoms with van der Waals surface area (Å²) in [5.74, 6) is -0.762. The van der Waals surface area contributed by atoms with E-state index in [0.717, 1.165) is 5.16 Å². The van der Waals surface area contributed by atoms with Crippen molar-refractivity contribution in [1.29, 1.82) is 0 Å². The maximum absolute atomic E-state index is 10.6. The molecule has 5 nitrogen and oxygen atoms in total. The number of carbonyl (C=O) groups is 1. The first-order valence-corrected chi connectivity index (χ1v) is 7.24. The molecule has 0 bridgehead atoms. The first kappa shape index (κ1) is 13.3. The maximum Gasteiger partial charge on any atom is 0.313 e. The Labute approximate surface area is 111 Å². The van der Waals surface area contributed by atoms with Crippen LogP contribution in [0.5, 0.6) is 0 Å². The lowest BCUT2D eigenvalue weighted by Crippen LogP contribution is -2.51. The largest absolute Gasteiger partial charge is 0.481 e. The van der Waals surface area contributed by atoms with Gasteiger partial charge < -0.3 is 10.1 Å². The summed E-state index contributed by atoms with van der Waals surface area (Å²) in [7, 11) is 0. The number of imidazole rings is 1. The quantitative estimate of drug-likeness (QED) is 0.847. The van der Waals surface area contributed by atoms with Crippen molar-refractivity contribution in [3.05, 3.63) is 12.4 Å². The van der Waals surface area contributed by atoms with Gasteiger partial charge in [-0.1, -0.05) is 11.8 Å². The standard InChI is InChI=1S/C12H19N3O2S/c1-9-4-3-5-10(2)15(9)14-7-6-13-12(14)18-8-11(16)17/h6-7,9-10H,3-5,8H2,1-2H3,(H,16,17). The molecule has 0 amide bonds. The van der Waals surface area contributed by atoms with Crippen LogP contribution in [0.2, 0.25) is 0 Å². The normalized spacial score (nSPS) is 24.2. The number of hydrogen-bond donors (Lipinski definition) is 1. The van der Waals surface area contributed by atoms with Gasteiger partial charge >= 0.3 is 5.97 Å². The molecule has 0 aromatic carbocycles. The van der Waals surface area contributed by atoms with Crippen LogP contribution in [-0.2, 0) is 4.79 Å². The minimum atomic E-state index is -0.811. The van der Waals surface area contributed by atoms with Gasteiger partial charge in [0.1, 0.15) is 0 Å². The predicted octanol–water partition coefficient (Wildman–Crippen LogP) is 1.96. The van der Waals surface area contributed by atoms with Crippen LogP contribution in [0.4, 0.5) is 0 Å². The van der Waals surface area contributed by atoms with Crippen molar-refractivity contribution in [1.82, 2.24) is 9.66 Å². The Morgan fingerprint density at radius 1 is 1.50 bits per heavy atom. The number of nitrogens with zero attached hydrogens (tertiary/aromatic N) is 3. The lowest BCUT2D eigenvalue weighted by Gasteiger charge is -2.41. The summed E-state index contributed by atoms with van der Waals surface area (Å²) in [5.41, 5.74) is 0. The van der Waals surface area contributed by atoms with Crippen molar-refractivity contribution >= 4 is 17.7 Å². The molecule has 1 aromatic rings. The molecule has 1 N–H and O–H groups in total. The van der Waals surface area contributed by atoms with E-state index < -0.39 is 5.97 Å². The van der Waals surface area contributed by atoms with E-state index in [1.54, 1.807) is 6.20 Å². The average molecular weight is 269 g/mol. The number of carboxylic acid groups (broad SMARTS) is 1. The molecule has 0 radical (unpaired) electrons. The second kappa shape index (κ2) is 5.65. The molecule has 1 fully saturated rings. The van der Waals surface area contributed by atoms with Gasteiger partial charge in [-0.3, -0.25) is 4.79 Å². The average Bonchev–Trinajstić information content (AvgIpc) is 2.74. The van der Waals surface area contributed by atoms with Crippen LogP contribution in [-0.4, -0.2) is 38.6 Å². The van der Waals surface area contributed by atoms with Gasteiger partial charge in [0.25, 0.3) is 0 Å². The fourth-order valence-electron chi connectivity index (χ4n) is 2.52. The van der Waals surface area contributed by atoms with Crippen LogP contribution in [0, 0.1) is 0 Å². The van der Waals surface area contributed by atoms with Crippen molar-refractivity contribution in [3.63, 3.8) is 0 Å². The van der Waals surface area contributed by atoms with E-state index in [4.69, 9.17) is 5.11 Å². The highest BCUT2D eigenvalue weighted by atomic mass is 32.2. The molecular weight excluding hydrogens is 250 g/mol. The fourth-order valence-corrected chi connectivity index (χ4v) is 3.20. The summed E-state index contributed by atoms with van der Waals surface area (Å²) in [5, 5.41) is 11.8. The third-order valence-corrected chi connectivity index (χ3v) is 4.25. The van der Waals surface area contributed by atoms with E-state index in [2.05, 4.69) is 23.8 Å². The summed E-state index contributed by atoms with van der Waals surface area (Å²) in [6.07, 6.45) is 7.25. The van der Waals surface area contributed by atoms with Gasteiger partial charge in [0.15, 0.2) is 5.16 Å². The van der Waals surface area contributed by atoms with Crippen LogP contribution in [0.25, 0.3) is 0 Å².